The summed E-state index contributed by atoms with van der Waals surface area (Å²) in [7, 11) is 0. The number of phenols is 1. The first-order valence-corrected chi connectivity index (χ1v) is 8.40. The van der Waals surface area contributed by atoms with E-state index in [9.17, 15) is 5.11 Å². The van der Waals surface area contributed by atoms with Gasteiger partial charge in [0.25, 0.3) is 0 Å². The summed E-state index contributed by atoms with van der Waals surface area (Å²) in [5.41, 5.74) is 3.76. The quantitative estimate of drug-likeness (QED) is 0.911. The lowest BCUT2D eigenvalue weighted by Crippen LogP contribution is -2.55. The Labute approximate surface area is 139 Å². The number of benzene rings is 2. The molecule has 1 fully saturated rings. The summed E-state index contributed by atoms with van der Waals surface area (Å²) < 4.78 is 0. The van der Waals surface area contributed by atoms with Crippen molar-refractivity contribution in [2.24, 2.45) is 0 Å². The lowest BCUT2D eigenvalue weighted by molar-refractivity contribution is 0.113. The van der Waals surface area contributed by atoms with Gasteiger partial charge in [0.15, 0.2) is 0 Å². The van der Waals surface area contributed by atoms with Crippen LogP contribution in [0.25, 0.3) is 0 Å². The molecule has 3 nitrogen and oxygen atoms in total. The maximum atomic E-state index is 9.96. The zero-order chi connectivity index (χ0) is 16.4. The van der Waals surface area contributed by atoms with Crippen molar-refractivity contribution in [3.8, 4) is 5.75 Å². The maximum absolute atomic E-state index is 9.96. The molecule has 23 heavy (non-hydrogen) atoms. The molecule has 0 aromatic heterocycles. The highest BCUT2D eigenvalue weighted by molar-refractivity contribution is 5.40. The van der Waals surface area contributed by atoms with Crippen LogP contribution in [0, 0.1) is 6.92 Å². The Bertz CT molecular complexity index is 670. The topological polar surface area (TPSA) is 35.5 Å². The molecule has 0 bridgehead atoms. The van der Waals surface area contributed by atoms with Gasteiger partial charge >= 0.3 is 0 Å². The molecule has 122 valence electrons. The molecule has 1 aliphatic rings. The van der Waals surface area contributed by atoms with Crippen LogP contribution < -0.4 is 5.32 Å². The standard InChI is InChI=1S/C20H26N2O/c1-14-7-4-5-10-19(14)20(17-8-6-9-18(23)11-17)22-13-15(2)21-12-16(22)3/h4-11,15-16,20-21,23H,12-13H2,1-3H3/t15-,16+,20-/m1/s1. The molecule has 3 rings (SSSR count). The predicted octanol–water partition coefficient (Wildman–Crippen LogP) is 3.47. The molecule has 0 radical (unpaired) electrons. The van der Waals surface area contributed by atoms with E-state index >= 15 is 0 Å². The minimum atomic E-state index is 0.169. The van der Waals surface area contributed by atoms with E-state index in [1.807, 2.05) is 12.1 Å². The minimum Gasteiger partial charge on any atom is -0.508 e. The van der Waals surface area contributed by atoms with Gasteiger partial charge in [-0.1, -0.05) is 36.4 Å². The van der Waals surface area contributed by atoms with Gasteiger partial charge in [0.05, 0.1) is 6.04 Å². The second-order valence-electron chi connectivity index (χ2n) is 6.71. The van der Waals surface area contributed by atoms with Crippen LogP contribution >= 0.6 is 0 Å². The number of hydrogen-bond acceptors (Lipinski definition) is 3. The van der Waals surface area contributed by atoms with Crippen LogP contribution in [0.1, 0.15) is 36.6 Å². The first kappa shape index (κ1) is 16.0. The fourth-order valence-electron chi connectivity index (χ4n) is 3.55. The van der Waals surface area contributed by atoms with Crippen LogP contribution in [-0.4, -0.2) is 35.2 Å². The Kier molecular flexibility index (Phi) is 4.69. The van der Waals surface area contributed by atoms with E-state index < -0.39 is 0 Å². The number of rotatable bonds is 3. The average Bonchev–Trinajstić information content (AvgIpc) is 2.53. The van der Waals surface area contributed by atoms with Gasteiger partial charge in [-0.15, -0.1) is 0 Å². The average molecular weight is 310 g/mol. The molecule has 2 aromatic carbocycles. The monoisotopic (exact) mass is 310 g/mol. The Morgan fingerprint density at radius 1 is 1.13 bits per heavy atom. The molecule has 3 heteroatoms. The van der Waals surface area contributed by atoms with Crippen LogP contribution in [0.4, 0.5) is 0 Å². The van der Waals surface area contributed by atoms with Crippen molar-refractivity contribution in [3.63, 3.8) is 0 Å². The van der Waals surface area contributed by atoms with E-state index in [1.54, 1.807) is 6.07 Å². The van der Waals surface area contributed by atoms with E-state index in [-0.39, 0.29) is 6.04 Å². The Morgan fingerprint density at radius 3 is 2.65 bits per heavy atom. The van der Waals surface area contributed by atoms with Gasteiger partial charge in [0, 0.05) is 25.2 Å². The summed E-state index contributed by atoms with van der Waals surface area (Å²) in [6.07, 6.45) is 0. The molecule has 2 aromatic rings. The number of nitrogens with one attached hydrogen (secondary N) is 1. The zero-order valence-corrected chi connectivity index (χ0v) is 14.2. The van der Waals surface area contributed by atoms with Crippen LogP contribution in [0.15, 0.2) is 48.5 Å². The van der Waals surface area contributed by atoms with Gasteiger partial charge in [0.1, 0.15) is 5.75 Å². The van der Waals surface area contributed by atoms with Gasteiger partial charge in [0.2, 0.25) is 0 Å². The summed E-state index contributed by atoms with van der Waals surface area (Å²) in [6, 6.07) is 17.3. The number of phenolic OH excluding ortho intramolecular Hbond substituents is 1. The van der Waals surface area contributed by atoms with Crippen molar-refractivity contribution < 1.29 is 5.11 Å². The summed E-state index contributed by atoms with van der Waals surface area (Å²) in [6.45, 7) is 8.66. The molecule has 0 unspecified atom stereocenters. The largest absolute Gasteiger partial charge is 0.508 e. The SMILES string of the molecule is Cc1ccccc1[C@@H](c1cccc(O)c1)N1C[C@@H](C)NC[C@@H]1C. The van der Waals surface area contributed by atoms with Crippen LogP contribution in [0.2, 0.25) is 0 Å². The molecule has 0 spiro atoms. The number of piperazine rings is 1. The van der Waals surface area contributed by atoms with Crippen molar-refractivity contribution >= 4 is 0 Å². The lowest BCUT2D eigenvalue weighted by atomic mass is 9.91. The first-order chi connectivity index (χ1) is 11.1. The summed E-state index contributed by atoms with van der Waals surface area (Å²) in [5, 5.41) is 13.5. The lowest BCUT2D eigenvalue weighted by Gasteiger charge is -2.43. The molecule has 1 saturated heterocycles. The van der Waals surface area contributed by atoms with Gasteiger partial charge in [-0.05, 0) is 49.6 Å². The normalized spacial score (nSPS) is 23.6. The smallest absolute Gasteiger partial charge is 0.115 e. The zero-order valence-electron chi connectivity index (χ0n) is 14.2. The first-order valence-electron chi connectivity index (χ1n) is 8.40. The third-order valence-corrected chi connectivity index (χ3v) is 4.81. The number of nitrogens with zero attached hydrogens (tertiary/aromatic N) is 1. The van der Waals surface area contributed by atoms with Gasteiger partial charge in [-0.3, -0.25) is 4.90 Å². The van der Waals surface area contributed by atoms with Crippen molar-refractivity contribution in [1.29, 1.82) is 0 Å². The Morgan fingerprint density at radius 2 is 1.91 bits per heavy atom. The predicted molar refractivity (Wildman–Crippen MR) is 94.8 cm³/mol. The minimum absolute atomic E-state index is 0.169. The number of aromatic hydroxyl groups is 1. The van der Waals surface area contributed by atoms with Crippen LogP contribution in [-0.2, 0) is 0 Å². The van der Waals surface area contributed by atoms with Crippen molar-refractivity contribution in [2.45, 2.75) is 38.9 Å². The third-order valence-electron chi connectivity index (χ3n) is 4.81. The molecule has 0 amide bonds. The van der Waals surface area contributed by atoms with Crippen molar-refractivity contribution in [1.82, 2.24) is 10.2 Å². The van der Waals surface area contributed by atoms with Crippen LogP contribution in [0.3, 0.4) is 0 Å². The molecule has 0 aliphatic carbocycles. The fourth-order valence-corrected chi connectivity index (χ4v) is 3.55. The molecule has 0 saturated carbocycles. The van der Waals surface area contributed by atoms with Crippen LogP contribution in [0.5, 0.6) is 5.75 Å². The highest BCUT2D eigenvalue weighted by Gasteiger charge is 2.31. The van der Waals surface area contributed by atoms with E-state index in [0.717, 1.165) is 18.7 Å². The number of aryl methyl sites for hydroxylation is 1. The second kappa shape index (κ2) is 6.73. The highest BCUT2D eigenvalue weighted by atomic mass is 16.3. The molecule has 2 N–H and O–H groups in total. The van der Waals surface area contributed by atoms with Gasteiger partial charge in [-0.25, -0.2) is 0 Å². The highest BCUT2D eigenvalue weighted by Crippen LogP contribution is 2.34. The maximum Gasteiger partial charge on any atom is 0.115 e. The summed E-state index contributed by atoms with van der Waals surface area (Å²) in [4.78, 5) is 2.55. The van der Waals surface area contributed by atoms with E-state index in [4.69, 9.17) is 0 Å². The molecule has 1 heterocycles. The third kappa shape index (κ3) is 3.41. The summed E-state index contributed by atoms with van der Waals surface area (Å²) in [5.74, 6) is 0.330. The fraction of sp³-hybridized carbons (Fsp3) is 0.400. The van der Waals surface area contributed by atoms with E-state index in [1.165, 1.54) is 11.1 Å². The summed E-state index contributed by atoms with van der Waals surface area (Å²) >= 11 is 0. The van der Waals surface area contributed by atoms with E-state index in [2.05, 4.69) is 61.3 Å². The Balaban J connectivity index is 2.08. The molecule has 3 atom stereocenters. The molecular formula is C20H26N2O. The number of hydrogen-bond donors (Lipinski definition) is 2. The molecular weight excluding hydrogens is 284 g/mol. The van der Waals surface area contributed by atoms with Crippen molar-refractivity contribution in [3.05, 3.63) is 65.2 Å². The van der Waals surface area contributed by atoms with E-state index in [0.29, 0.717) is 17.8 Å². The van der Waals surface area contributed by atoms with Crippen molar-refractivity contribution in [2.75, 3.05) is 13.1 Å². The second-order valence-corrected chi connectivity index (χ2v) is 6.71. The Hall–Kier alpha value is -1.84. The van der Waals surface area contributed by atoms with Gasteiger partial charge in [-0.2, -0.15) is 0 Å². The molecule has 1 aliphatic heterocycles. The van der Waals surface area contributed by atoms with Gasteiger partial charge < -0.3 is 10.4 Å².